The smallest absolute Gasteiger partial charge is 0.302 e. The highest BCUT2D eigenvalue weighted by atomic mass is 35.5. The van der Waals surface area contributed by atoms with Crippen LogP contribution < -0.4 is 0 Å². The molecule has 7 nitrogen and oxygen atoms in total. The van der Waals surface area contributed by atoms with Crippen LogP contribution in [-0.2, 0) is 14.3 Å². The van der Waals surface area contributed by atoms with Crippen molar-refractivity contribution < 1.29 is 14.3 Å². The SMILES string of the molecule is CC(=O)OC[C@@H]1CCC(n2cnc3c(Cl)nc(C)nc32)O1. The Bertz CT molecular complexity index is 687. The van der Waals surface area contributed by atoms with Gasteiger partial charge in [-0.1, -0.05) is 11.6 Å². The number of aromatic nitrogens is 4. The lowest BCUT2D eigenvalue weighted by Gasteiger charge is -2.15. The Morgan fingerprint density at radius 1 is 1.52 bits per heavy atom. The van der Waals surface area contributed by atoms with Crippen LogP contribution in [0.4, 0.5) is 0 Å². The van der Waals surface area contributed by atoms with Crippen LogP contribution >= 0.6 is 11.6 Å². The molecule has 8 heteroatoms. The minimum Gasteiger partial charge on any atom is -0.463 e. The maximum Gasteiger partial charge on any atom is 0.302 e. The predicted molar refractivity (Wildman–Crippen MR) is 74.8 cm³/mol. The highest BCUT2D eigenvalue weighted by molar-refractivity contribution is 6.33. The van der Waals surface area contributed by atoms with Crippen LogP contribution in [0, 0.1) is 6.92 Å². The van der Waals surface area contributed by atoms with Crippen LogP contribution in [0.1, 0.15) is 31.8 Å². The molecule has 2 aromatic rings. The second kappa shape index (κ2) is 5.57. The van der Waals surface area contributed by atoms with Crippen LogP contribution in [0.15, 0.2) is 6.33 Å². The Labute approximate surface area is 126 Å². The molecule has 0 aliphatic carbocycles. The Morgan fingerprint density at radius 3 is 3.10 bits per heavy atom. The number of carbonyl (C=O) groups is 1. The highest BCUT2D eigenvalue weighted by Gasteiger charge is 2.29. The molecule has 1 aliphatic heterocycles. The van der Waals surface area contributed by atoms with E-state index in [1.807, 2.05) is 4.57 Å². The summed E-state index contributed by atoms with van der Waals surface area (Å²) in [6.45, 7) is 3.44. The van der Waals surface area contributed by atoms with Crippen LogP contribution in [0.5, 0.6) is 0 Å². The maximum atomic E-state index is 10.8. The molecule has 0 aromatic carbocycles. The van der Waals surface area contributed by atoms with Crippen LogP contribution in [-0.4, -0.2) is 38.2 Å². The van der Waals surface area contributed by atoms with Crippen LogP contribution in [0.2, 0.25) is 5.15 Å². The van der Waals surface area contributed by atoms with Crippen LogP contribution in [0.3, 0.4) is 0 Å². The summed E-state index contributed by atoms with van der Waals surface area (Å²) in [6, 6.07) is 0. The van der Waals surface area contributed by atoms with Gasteiger partial charge in [0, 0.05) is 6.92 Å². The number of rotatable bonds is 3. The van der Waals surface area contributed by atoms with Gasteiger partial charge in [-0.15, -0.1) is 0 Å². The lowest BCUT2D eigenvalue weighted by Crippen LogP contribution is -2.18. The zero-order valence-corrected chi connectivity index (χ0v) is 12.5. The molecule has 0 spiro atoms. The number of halogens is 1. The molecular weight excluding hydrogens is 296 g/mol. The fourth-order valence-corrected chi connectivity index (χ4v) is 2.67. The van der Waals surface area contributed by atoms with Crippen molar-refractivity contribution in [3.05, 3.63) is 17.3 Å². The summed E-state index contributed by atoms with van der Waals surface area (Å²) >= 11 is 6.07. The summed E-state index contributed by atoms with van der Waals surface area (Å²) in [7, 11) is 0. The second-order valence-electron chi connectivity index (χ2n) is 4.98. The normalized spacial score (nSPS) is 21.9. The first-order chi connectivity index (χ1) is 10.0. The first-order valence-corrected chi connectivity index (χ1v) is 7.08. The number of esters is 1. The van der Waals surface area contributed by atoms with Gasteiger partial charge in [0.25, 0.3) is 0 Å². The van der Waals surface area contributed by atoms with Gasteiger partial charge in [0.1, 0.15) is 24.2 Å². The van der Waals surface area contributed by atoms with E-state index in [0.29, 0.717) is 22.1 Å². The van der Waals surface area contributed by atoms with Crippen molar-refractivity contribution in [2.45, 2.75) is 39.0 Å². The number of hydrogen-bond acceptors (Lipinski definition) is 6. The van der Waals surface area contributed by atoms with E-state index in [-0.39, 0.29) is 24.9 Å². The van der Waals surface area contributed by atoms with E-state index >= 15 is 0 Å². The van der Waals surface area contributed by atoms with E-state index in [0.717, 1.165) is 12.8 Å². The molecule has 3 rings (SSSR count). The minimum absolute atomic E-state index is 0.102. The van der Waals surface area contributed by atoms with E-state index in [1.165, 1.54) is 6.92 Å². The third kappa shape index (κ3) is 2.84. The molecular formula is C13H15ClN4O3. The molecule has 0 N–H and O–H groups in total. The molecule has 1 aliphatic rings. The average Bonchev–Trinajstić information content (AvgIpc) is 3.02. The largest absolute Gasteiger partial charge is 0.463 e. The van der Waals surface area contributed by atoms with Gasteiger partial charge < -0.3 is 9.47 Å². The first kappa shape index (κ1) is 14.2. The highest BCUT2D eigenvalue weighted by Crippen LogP contribution is 2.31. The van der Waals surface area contributed by atoms with E-state index in [2.05, 4.69) is 15.0 Å². The lowest BCUT2D eigenvalue weighted by molar-refractivity contribution is -0.145. The zero-order chi connectivity index (χ0) is 15.0. The first-order valence-electron chi connectivity index (χ1n) is 6.70. The van der Waals surface area contributed by atoms with E-state index in [1.54, 1.807) is 13.3 Å². The Hall–Kier alpha value is -1.73. The number of fused-ring (bicyclic) bond motifs is 1. The van der Waals surface area contributed by atoms with Gasteiger partial charge in [-0.05, 0) is 19.8 Å². The molecule has 2 atom stereocenters. The number of carbonyl (C=O) groups excluding carboxylic acids is 1. The summed E-state index contributed by atoms with van der Waals surface area (Å²) in [5.41, 5.74) is 1.22. The standard InChI is InChI=1S/C13H15ClN4O3/c1-7-16-12(14)11-13(17-7)18(6-15-11)10-4-3-9(21-10)5-20-8(2)19/h6,9-10H,3-5H2,1-2H3/t9-,10?/m0/s1. The fourth-order valence-electron chi connectivity index (χ4n) is 2.42. The number of nitrogens with zero attached hydrogens (tertiary/aromatic N) is 4. The number of imidazole rings is 1. The molecule has 1 saturated heterocycles. The van der Waals surface area contributed by atoms with Gasteiger partial charge >= 0.3 is 5.97 Å². The van der Waals surface area contributed by atoms with E-state index in [9.17, 15) is 4.79 Å². The molecule has 0 saturated carbocycles. The molecule has 0 bridgehead atoms. The molecule has 1 unspecified atom stereocenters. The Balaban J connectivity index is 1.81. The number of hydrogen-bond donors (Lipinski definition) is 0. The lowest BCUT2D eigenvalue weighted by atomic mass is 10.2. The molecule has 112 valence electrons. The molecule has 0 amide bonds. The molecule has 2 aromatic heterocycles. The van der Waals surface area contributed by atoms with Crippen molar-refractivity contribution in [3.8, 4) is 0 Å². The monoisotopic (exact) mass is 310 g/mol. The molecule has 3 heterocycles. The topological polar surface area (TPSA) is 79.1 Å². The summed E-state index contributed by atoms with van der Waals surface area (Å²) in [5, 5.41) is 0.339. The van der Waals surface area contributed by atoms with Gasteiger partial charge in [0.15, 0.2) is 10.8 Å². The fraction of sp³-hybridized carbons (Fsp3) is 0.538. The predicted octanol–water partition coefficient (Wildman–Crippen LogP) is 2.03. The Morgan fingerprint density at radius 2 is 2.33 bits per heavy atom. The van der Waals surface area contributed by atoms with Gasteiger partial charge in [-0.25, -0.2) is 15.0 Å². The van der Waals surface area contributed by atoms with Gasteiger partial charge in [0.2, 0.25) is 0 Å². The molecule has 1 fully saturated rings. The molecule has 21 heavy (non-hydrogen) atoms. The third-order valence-electron chi connectivity index (χ3n) is 3.36. The van der Waals surface area contributed by atoms with Crippen molar-refractivity contribution in [3.63, 3.8) is 0 Å². The molecule has 0 radical (unpaired) electrons. The second-order valence-corrected chi connectivity index (χ2v) is 5.34. The van der Waals surface area contributed by atoms with E-state index < -0.39 is 0 Å². The van der Waals surface area contributed by atoms with Crippen molar-refractivity contribution in [1.82, 2.24) is 19.5 Å². The maximum absolute atomic E-state index is 10.8. The average molecular weight is 311 g/mol. The number of ether oxygens (including phenoxy) is 2. The summed E-state index contributed by atoms with van der Waals surface area (Å²) < 4.78 is 12.7. The summed E-state index contributed by atoms with van der Waals surface area (Å²) in [5.74, 6) is 0.286. The summed E-state index contributed by atoms with van der Waals surface area (Å²) in [6.07, 6.45) is 2.99. The van der Waals surface area contributed by atoms with Crippen LogP contribution in [0.25, 0.3) is 11.2 Å². The van der Waals surface area contributed by atoms with Crippen molar-refractivity contribution >= 4 is 28.7 Å². The number of aryl methyl sites for hydroxylation is 1. The van der Waals surface area contributed by atoms with Gasteiger partial charge in [-0.3, -0.25) is 9.36 Å². The van der Waals surface area contributed by atoms with Crippen molar-refractivity contribution in [2.75, 3.05) is 6.61 Å². The van der Waals surface area contributed by atoms with Gasteiger partial charge in [-0.2, -0.15) is 0 Å². The van der Waals surface area contributed by atoms with Gasteiger partial charge in [0.05, 0.1) is 12.4 Å². The zero-order valence-electron chi connectivity index (χ0n) is 11.7. The minimum atomic E-state index is -0.301. The third-order valence-corrected chi connectivity index (χ3v) is 3.62. The van der Waals surface area contributed by atoms with Crippen molar-refractivity contribution in [1.29, 1.82) is 0 Å². The van der Waals surface area contributed by atoms with E-state index in [4.69, 9.17) is 21.1 Å². The van der Waals surface area contributed by atoms with Crippen molar-refractivity contribution in [2.24, 2.45) is 0 Å². The summed E-state index contributed by atoms with van der Waals surface area (Å²) in [4.78, 5) is 23.5. The Kier molecular flexibility index (Phi) is 3.77. The quantitative estimate of drug-likeness (QED) is 0.637.